The van der Waals surface area contributed by atoms with Gasteiger partial charge in [0.25, 0.3) is 0 Å². The molecule has 184 valence electrons. The number of hydrogen-bond donors (Lipinski definition) is 2. The van der Waals surface area contributed by atoms with Crippen LogP contribution < -0.4 is 10.6 Å². The lowest BCUT2D eigenvalue weighted by Crippen LogP contribution is -2.38. The molecule has 0 radical (unpaired) electrons. The van der Waals surface area contributed by atoms with Crippen molar-refractivity contribution in [1.82, 2.24) is 34.5 Å². The van der Waals surface area contributed by atoms with Crippen LogP contribution in [-0.4, -0.2) is 35.7 Å². The lowest BCUT2D eigenvalue weighted by molar-refractivity contribution is 0.642. The monoisotopic (exact) mass is 480 g/mol. The van der Waals surface area contributed by atoms with E-state index in [9.17, 15) is 0 Å². The largest absolute Gasteiger partial charge is 0.378 e. The van der Waals surface area contributed by atoms with E-state index in [-0.39, 0.29) is 12.1 Å². The van der Waals surface area contributed by atoms with Crippen molar-refractivity contribution >= 4 is 22.2 Å². The van der Waals surface area contributed by atoms with Gasteiger partial charge in [-0.1, -0.05) is 26.0 Å². The topological polar surface area (TPSA) is 77.0 Å². The van der Waals surface area contributed by atoms with Gasteiger partial charge in [0.1, 0.15) is 0 Å². The third-order valence-corrected chi connectivity index (χ3v) is 6.50. The van der Waals surface area contributed by atoms with Crippen molar-refractivity contribution in [2.24, 2.45) is 26.1 Å². The predicted molar refractivity (Wildman–Crippen MR) is 145 cm³/mol. The molecule has 3 aromatic heterocycles. The average molecular weight is 481 g/mol. The average Bonchev–Trinajstić information content (AvgIpc) is 3.63. The molecule has 8 nitrogen and oxygen atoms in total. The summed E-state index contributed by atoms with van der Waals surface area (Å²) in [5, 5.41) is 12.8. The van der Waals surface area contributed by atoms with Crippen LogP contribution in [0.15, 0.2) is 90.6 Å². The predicted octanol–water partition coefficient (Wildman–Crippen LogP) is 4.22. The first-order chi connectivity index (χ1) is 17.6. The van der Waals surface area contributed by atoms with Crippen molar-refractivity contribution in [3.63, 3.8) is 0 Å². The van der Waals surface area contributed by atoms with Crippen LogP contribution in [0.1, 0.15) is 36.7 Å². The summed E-state index contributed by atoms with van der Waals surface area (Å²) in [6.45, 7) is 4.00. The number of imidazole rings is 1. The number of fused-ring (bicyclic) bond motifs is 2. The smallest absolute Gasteiger partial charge is 0.0966 e. The number of nitrogens with one attached hydrogen (secondary N) is 2. The Morgan fingerprint density at radius 3 is 2.67 bits per heavy atom. The molecular weight excluding hydrogens is 448 g/mol. The molecule has 0 bridgehead atoms. The lowest BCUT2D eigenvalue weighted by Gasteiger charge is -2.29. The van der Waals surface area contributed by atoms with Gasteiger partial charge in [-0.05, 0) is 35.2 Å². The molecule has 1 aliphatic heterocycles. The Morgan fingerprint density at radius 1 is 1.06 bits per heavy atom. The van der Waals surface area contributed by atoms with E-state index >= 15 is 0 Å². The minimum Gasteiger partial charge on any atom is -0.378 e. The van der Waals surface area contributed by atoms with Crippen LogP contribution in [0.3, 0.4) is 0 Å². The van der Waals surface area contributed by atoms with Crippen LogP contribution in [0.2, 0.25) is 0 Å². The molecule has 0 saturated heterocycles. The molecule has 2 aliphatic rings. The van der Waals surface area contributed by atoms with Gasteiger partial charge in [0.2, 0.25) is 0 Å². The Balaban J connectivity index is 0.00000130. The lowest BCUT2D eigenvalue weighted by atomic mass is 9.89. The van der Waals surface area contributed by atoms with E-state index in [0.29, 0.717) is 0 Å². The highest BCUT2D eigenvalue weighted by atomic mass is 15.2. The van der Waals surface area contributed by atoms with Crippen LogP contribution in [0, 0.1) is 0 Å². The van der Waals surface area contributed by atoms with Crippen molar-refractivity contribution in [2.75, 3.05) is 0 Å². The number of benzene rings is 1. The number of aliphatic imine (C=N–C) groups is 1. The highest BCUT2D eigenvalue weighted by molar-refractivity contribution is 6.29. The summed E-state index contributed by atoms with van der Waals surface area (Å²) in [4.78, 5) is 9.08. The minimum atomic E-state index is -0.0991. The summed E-state index contributed by atoms with van der Waals surface area (Å²) in [5.41, 5.74) is 7.60. The number of rotatable bonds is 5. The van der Waals surface area contributed by atoms with Crippen molar-refractivity contribution in [3.8, 4) is 0 Å². The van der Waals surface area contributed by atoms with Crippen LogP contribution in [0.5, 0.6) is 0 Å². The number of nitrogens with zero attached hydrogens (tertiary/aromatic N) is 6. The van der Waals surface area contributed by atoms with Crippen molar-refractivity contribution in [1.29, 1.82) is 0 Å². The molecule has 0 saturated carbocycles. The summed E-state index contributed by atoms with van der Waals surface area (Å²) in [7, 11) is 6.02. The maximum Gasteiger partial charge on any atom is 0.0966 e. The van der Waals surface area contributed by atoms with Gasteiger partial charge in [-0.15, -0.1) is 0 Å². The van der Waals surface area contributed by atoms with Gasteiger partial charge in [-0.25, -0.2) is 4.98 Å². The van der Waals surface area contributed by atoms with Gasteiger partial charge in [0.05, 0.1) is 42.2 Å². The SMILES string of the molecule is CC.Cn1cc(C(NC2=CC3NC=CN=C3C(c3ccc4ccn(C)c4c3)=C2)c2cncn2C)cn1. The molecule has 36 heavy (non-hydrogen) atoms. The second-order valence-electron chi connectivity index (χ2n) is 8.81. The third-order valence-electron chi connectivity index (χ3n) is 6.50. The van der Waals surface area contributed by atoms with E-state index < -0.39 is 0 Å². The number of aromatic nitrogens is 5. The normalized spacial score (nSPS) is 17.2. The molecule has 0 fully saturated rings. The molecule has 2 unspecified atom stereocenters. The Kier molecular flexibility index (Phi) is 6.33. The molecule has 8 heteroatoms. The van der Waals surface area contributed by atoms with E-state index in [2.05, 4.69) is 74.9 Å². The maximum atomic E-state index is 4.74. The molecule has 4 heterocycles. The molecule has 1 aliphatic carbocycles. The molecular formula is C28H32N8. The second kappa shape index (κ2) is 9.73. The molecule has 2 atom stereocenters. The molecule has 1 aromatic carbocycles. The first kappa shape index (κ1) is 23.4. The third kappa shape index (κ3) is 4.26. The van der Waals surface area contributed by atoms with Crippen LogP contribution in [0.4, 0.5) is 0 Å². The molecule has 6 rings (SSSR count). The first-order valence-corrected chi connectivity index (χ1v) is 12.3. The number of hydrogen-bond acceptors (Lipinski definition) is 5. The number of allylic oxidation sites excluding steroid dienone is 1. The fourth-order valence-corrected chi connectivity index (χ4v) is 4.73. The van der Waals surface area contributed by atoms with Crippen LogP contribution in [0.25, 0.3) is 16.5 Å². The zero-order valence-corrected chi connectivity index (χ0v) is 21.3. The standard InChI is InChI=1S/C26H26N8.C2H6/c1-32-9-6-17-4-5-18(10-23(17)32)21-11-20(12-22-26(21)29-8-7-28-22)31-25(19-13-30-34(3)15-19)24-14-27-16-33(24)2;1-2/h4-16,22,25,28,31H,1-3H3;1-2H3. The second-order valence-corrected chi connectivity index (χ2v) is 8.81. The van der Waals surface area contributed by atoms with Crippen LogP contribution >= 0.6 is 0 Å². The summed E-state index contributed by atoms with van der Waals surface area (Å²) in [6, 6.07) is 8.61. The van der Waals surface area contributed by atoms with E-state index in [1.165, 1.54) is 10.9 Å². The van der Waals surface area contributed by atoms with E-state index in [4.69, 9.17) is 4.99 Å². The first-order valence-electron chi connectivity index (χ1n) is 12.3. The van der Waals surface area contributed by atoms with Crippen molar-refractivity contribution in [3.05, 3.63) is 102 Å². The Hall–Kier alpha value is -4.33. The van der Waals surface area contributed by atoms with Gasteiger partial charge < -0.3 is 19.8 Å². The fraction of sp³-hybridized carbons (Fsp3) is 0.250. The zero-order valence-electron chi connectivity index (χ0n) is 21.3. The Morgan fingerprint density at radius 2 is 1.92 bits per heavy atom. The van der Waals surface area contributed by atoms with Gasteiger partial charge >= 0.3 is 0 Å². The van der Waals surface area contributed by atoms with Gasteiger partial charge in [0.15, 0.2) is 0 Å². The number of aryl methyl sites for hydroxylation is 3. The Labute approximate surface area is 211 Å². The maximum absolute atomic E-state index is 4.74. The van der Waals surface area contributed by atoms with E-state index in [1.54, 1.807) is 0 Å². The minimum absolute atomic E-state index is 0.0160. The van der Waals surface area contributed by atoms with Crippen LogP contribution in [-0.2, 0) is 21.1 Å². The summed E-state index contributed by atoms with van der Waals surface area (Å²) < 4.78 is 6.01. The Bertz CT molecular complexity index is 1510. The van der Waals surface area contributed by atoms with E-state index in [0.717, 1.165) is 33.8 Å². The molecule has 4 aromatic rings. The van der Waals surface area contributed by atoms with Crippen molar-refractivity contribution in [2.45, 2.75) is 25.9 Å². The zero-order chi connectivity index (χ0) is 25.2. The van der Waals surface area contributed by atoms with Gasteiger partial charge in [0, 0.05) is 68.3 Å². The highest BCUT2D eigenvalue weighted by Crippen LogP contribution is 2.30. The molecule has 2 N–H and O–H groups in total. The van der Waals surface area contributed by atoms with Gasteiger partial charge in [-0.3, -0.25) is 9.67 Å². The fourth-order valence-electron chi connectivity index (χ4n) is 4.73. The quantitative estimate of drug-likeness (QED) is 0.449. The van der Waals surface area contributed by atoms with Crippen molar-refractivity contribution < 1.29 is 0 Å². The molecule has 0 spiro atoms. The van der Waals surface area contributed by atoms with E-state index in [1.807, 2.05) is 74.5 Å². The highest BCUT2D eigenvalue weighted by Gasteiger charge is 2.27. The summed E-state index contributed by atoms with van der Waals surface area (Å²) in [6.07, 6.45) is 17.8. The summed E-state index contributed by atoms with van der Waals surface area (Å²) in [5.74, 6) is 0. The summed E-state index contributed by atoms with van der Waals surface area (Å²) >= 11 is 0. The molecule has 0 amide bonds. The van der Waals surface area contributed by atoms with Gasteiger partial charge in [-0.2, -0.15) is 5.10 Å².